The minimum atomic E-state index is 0.561. The molecule has 0 N–H and O–H groups in total. The molecular formula is C29H35Cl4N4S2+. The Hall–Kier alpha value is -1.15. The molecule has 0 saturated carbocycles. The van der Waals surface area contributed by atoms with Gasteiger partial charge in [0.05, 0.1) is 44.6 Å². The highest BCUT2D eigenvalue weighted by Crippen LogP contribution is 2.45. The highest BCUT2D eigenvalue weighted by atomic mass is 35.5. The van der Waals surface area contributed by atoms with E-state index in [4.69, 9.17) is 46.4 Å². The number of thiol groups is 2. The molecule has 4 nitrogen and oxygen atoms in total. The largest absolute Gasteiger partial charge is 0.326 e. The monoisotopic (exact) mass is 643 g/mol. The van der Waals surface area contributed by atoms with Crippen molar-refractivity contribution >= 4 is 100 Å². The van der Waals surface area contributed by atoms with Gasteiger partial charge in [-0.1, -0.05) is 66.3 Å². The van der Waals surface area contributed by atoms with Crippen LogP contribution in [0.3, 0.4) is 0 Å². The van der Waals surface area contributed by atoms with E-state index >= 15 is 0 Å². The van der Waals surface area contributed by atoms with Crippen molar-refractivity contribution in [2.45, 2.75) is 52.6 Å². The first-order chi connectivity index (χ1) is 18.9. The maximum atomic E-state index is 6.46. The molecule has 2 aromatic carbocycles. The van der Waals surface area contributed by atoms with Crippen molar-refractivity contribution in [3.8, 4) is 0 Å². The maximum Gasteiger partial charge on any atom is 0.282 e. The van der Waals surface area contributed by atoms with E-state index in [1.165, 1.54) is 0 Å². The molecule has 0 amide bonds. The van der Waals surface area contributed by atoms with Crippen molar-refractivity contribution in [3.05, 3.63) is 68.2 Å². The quantitative estimate of drug-likeness (QED) is 0.151. The molecule has 0 saturated heterocycles. The molecule has 1 aliphatic heterocycles. The van der Waals surface area contributed by atoms with Crippen LogP contribution in [-0.4, -0.2) is 29.2 Å². The van der Waals surface area contributed by atoms with Crippen molar-refractivity contribution in [1.29, 1.82) is 0 Å². The zero-order chi connectivity index (χ0) is 28.1. The van der Waals surface area contributed by atoms with Gasteiger partial charge in [0, 0.05) is 31.3 Å². The average Bonchev–Trinajstić information content (AvgIpc) is 3.33. The van der Waals surface area contributed by atoms with Crippen molar-refractivity contribution < 1.29 is 4.57 Å². The van der Waals surface area contributed by atoms with E-state index in [9.17, 15) is 0 Å². The number of hydrogen-bond acceptors (Lipinski definition) is 4. The molecule has 2 heterocycles. The van der Waals surface area contributed by atoms with Gasteiger partial charge in [0.1, 0.15) is 5.82 Å². The summed E-state index contributed by atoms with van der Waals surface area (Å²) >= 11 is 34.8. The standard InChI is InChI=1S/C29H34Cl4N4S2/c1-3-10-34-24-16-20(30)22(32)18-26(24)36(12-6-14-38)28(34)8-5-9-29-35(11-4-2)25-17-21(31)23(33)19-27(25)37(29)13-7-15-39/h5,8-9,16-19H,3-4,6-7,10-15H2,1-2H3,(H-,38,39)/p+1. The van der Waals surface area contributed by atoms with Gasteiger partial charge < -0.3 is 9.80 Å². The van der Waals surface area contributed by atoms with E-state index < -0.39 is 0 Å². The third-order valence-corrected chi connectivity index (χ3v) is 8.85. The number of halogens is 4. The van der Waals surface area contributed by atoms with E-state index in [0.717, 1.165) is 97.4 Å². The lowest BCUT2D eigenvalue weighted by molar-refractivity contribution is -0.674. The third kappa shape index (κ3) is 6.52. The average molecular weight is 646 g/mol. The number of benzene rings is 2. The van der Waals surface area contributed by atoms with Gasteiger partial charge in [-0.15, -0.1) is 0 Å². The minimum Gasteiger partial charge on any atom is -0.326 e. The summed E-state index contributed by atoms with van der Waals surface area (Å²) in [4.78, 5) is 4.65. The highest BCUT2D eigenvalue weighted by Gasteiger charge is 2.31. The van der Waals surface area contributed by atoms with Gasteiger partial charge in [-0.05, 0) is 55.4 Å². The molecule has 10 heteroatoms. The summed E-state index contributed by atoms with van der Waals surface area (Å²) in [6.07, 6.45) is 10.4. The molecule has 0 bridgehead atoms. The van der Waals surface area contributed by atoms with Crippen molar-refractivity contribution in [2.24, 2.45) is 0 Å². The number of aryl methyl sites for hydroxylation is 2. The second-order valence-corrected chi connectivity index (χ2v) is 12.0. The van der Waals surface area contributed by atoms with E-state index in [2.05, 4.69) is 76.3 Å². The smallest absolute Gasteiger partial charge is 0.282 e. The number of hydrogen-bond donors (Lipinski definition) is 2. The zero-order valence-electron chi connectivity index (χ0n) is 22.3. The van der Waals surface area contributed by atoms with Crippen LogP contribution in [0.25, 0.3) is 17.1 Å². The van der Waals surface area contributed by atoms with Crippen LogP contribution in [0, 0.1) is 0 Å². The normalized spacial score (nSPS) is 14.5. The Bertz CT molecular complexity index is 1390. The molecule has 1 aromatic heterocycles. The van der Waals surface area contributed by atoms with Crippen LogP contribution < -0.4 is 14.4 Å². The lowest BCUT2D eigenvalue weighted by Gasteiger charge is -2.25. The van der Waals surface area contributed by atoms with E-state index in [1.54, 1.807) is 0 Å². The summed E-state index contributed by atoms with van der Waals surface area (Å²) in [6, 6.07) is 7.91. The van der Waals surface area contributed by atoms with Crippen LogP contribution in [0.4, 0.5) is 11.4 Å². The summed E-state index contributed by atoms with van der Waals surface area (Å²) in [7, 11) is 0. The molecule has 0 fully saturated rings. The zero-order valence-corrected chi connectivity index (χ0v) is 27.1. The Morgan fingerprint density at radius 3 is 1.97 bits per heavy atom. The molecule has 210 valence electrons. The Balaban J connectivity index is 1.84. The number of allylic oxidation sites excluding steroid dienone is 2. The minimum absolute atomic E-state index is 0.561. The van der Waals surface area contributed by atoms with Crippen molar-refractivity contribution in [2.75, 3.05) is 34.4 Å². The van der Waals surface area contributed by atoms with Gasteiger partial charge in [0.15, 0.2) is 11.0 Å². The van der Waals surface area contributed by atoms with Crippen LogP contribution >= 0.6 is 71.7 Å². The number of anilines is 2. The molecule has 1 aliphatic rings. The molecule has 0 spiro atoms. The third-order valence-electron chi connectivity index (χ3n) is 6.77. The Morgan fingerprint density at radius 2 is 1.36 bits per heavy atom. The highest BCUT2D eigenvalue weighted by molar-refractivity contribution is 7.80. The maximum absolute atomic E-state index is 6.46. The Kier molecular flexibility index (Phi) is 11.2. The van der Waals surface area contributed by atoms with Gasteiger partial charge in [-0.25, -0.2) is 9.13 Å². The van der Waals surface area contributed by atoms with Crippen molar-refractivity contribution in [1.82, 2.24) is 4.57 Å². The van der Waals surface area contributed by atoms with Crippen LogP contribution in [0.5, 0.6) is 0 Å². The number of rotatable bonds is 12. The number of fused-ring (bicyclic) bond motifs is 2. The lowest BCUT2D eigenvalue weighted by Crippen LogP contribution is -2.36. The summed E-state index contributed by atoms with van der Waals surface area (Å²) < 4.78 is 4.65. The van der Waals surface area contributed by atoms with Crippen LogP contribution in [0.2, 0.25) is 20.1 Å². The number of imidazole rings is 1. The predicted octanol–water partition coefficient (Wildman–Crippen LogP) is 9.18. The van der Waals surface area contributed by atoms with Gasteiger partial charge in [-0.3, -0.25) is 0 Å². The second-order valence-electron chi connectivity index (χ2n) is 9.51. The van der Waals surface area contributed by atoms with Crippen LogP contribution in [-0.2, 0) is 13.1 Å². The fourth-order valence-corrected chi connectivity index (χ4v) is 6.04. The van der Waals surface area contributed by atoms with Gasteiger partial charge in [0.2, 0.25) is 0 Å². The molecule has 4 rings (SSSR count). The molecular weight excluding hydrogens is 610 g/mol. The Labute approximate surface area is 263 Å². The molecule has 0 unspecified atom stereocenters. The van der Waals surface area contributed by atoms with Crippen LogP contribution in [0.15, 0.2) is 42.2 Å². The van der Waals surface area contributed by atoms with Crippen LogP contribution in [0.1, 0.15) is 45.4 Å². The first-order valence-electron chi connectivity index (χ1n) is 13.4. The van der Waals surface area contributed by atoms with Gasteiger partial charge in [0.25, 0.3) is 5.82 Å². The van der Waals surface area contributed by atoms with Crippen molar-refractivity contribution in [3.63, 3.8) is 0 Å². The Morgan fingerprint density at radius 1 is 0.769 bits per heavy atom. The molecule has 39 heavy (non-hydrogen) atoms. The summed E-state index contributed by atoms with van der Waals surface area (Å²) in [5.74, 6) is 3.82. The topological polar surface area (TPSA) is 15.3 Å². The first kappa shape index (κ1) is 30.8. The molecule has 0 atom stereocenters. The summed E-state index contributed by atoms with van der Waals surface area (Å²) in [5, 5.41) is 2.25. The summed E-state index contributed by atoms with van der Waals surface area (Å²) in [6.45, 7) is 7.79. The second kappa shape index (κ2) is 14.2. The van der Waals surface area contributed by atoms with Gasteiger partial charge >= 0.3 is 0 Å². The fourth-order valence-electron chi connectivity index (χ4n) is 5.13. The number of nitrogens with zero attached hydrogens (tertiary/aromatic N) is 4. The fraction of sp³-hybridized carbons (Fsp3) is 0.414. The first-order valence-corrected chi connectivity index (χ1v) is 16.2. The predicted molar refractivity (Wildman–Crippen MR) is 178 cm³/mol. The lowest BCUT2D eigenvalue weighted by atomic mass is 10.2. The molecule has 3 aromatic rings. The molecule has 0 aliphatic carbocycles. The van der Waals surface area contributed by atoms with E-state index in [0.29, 0.717) is 20.1 Å². The number of aromatic nitrogens is 2. The van der Waals surface area contributed by atoms with E-state index in [1.807, 2.05) is 24.3 Å². The SMILES string of the molecule is CCCN1C(=CC=Cc2n(CCCS)c3cc(Cl)c(Cl)cc3[n+]2CCC)N(CCCS)c2cc(Cl)c(Cl)cc21. The molecule has 0 radical (unpaired) electrons. The van der Waals surface area contributed by atoms with E-state index in [-0.39, 0.29) is 0 Å². The van der Waals surface area contributed by atoms with Gasteiger partial charge in [-0.2, -0.15) is 25.3 Å². The summed E-state index contributed by atoms with van der Waals surface area (Å²) in [5.41, 5.74) is 4.32.